The molecule has 2 aromatic rings. The van der Waals surface area contributed by atoms with Gasteiger partial charge in [-0.1, -0.05) is 36.4 Å². The van der Waals surface area contributed by atoms with Crippen LogP contribution in [-0.2, 0) is 4.79 Å². The highest BCUT2D eigenvalue weighted by Gasteiger charge is 2.07. The lowest BCUT2D eigenvalue weighted by Crippen LogP contribution is -2.06. The van der Waals surface area contributed by atoms with Crippen LogP contribution in [0.3, 0.4) is 0 Å². The van der Waals surface area contributed by atoms with Gasteiger partial charge < -0.3 is 5.32 Å². The van der Waals surface area contributed by atoms with E-state index in [2.05, 4.69) is 5.32 Å². The Morgan fingerprint density at radius 3 is 2.37 bits per heavy atom. The molecule has 0 heterocycles. The number of carbonyl (C=O) groups excluding carboxylic acids is 2. The smallest absolute Gasteiger partial charge is 0.221 e. The van der Waals surface area contributed by atoms with E-state index in [-0.39, 0.29) is 11.7 Å². The Labute approximate surface area is 112 Å². The molecule has 3 nitrogen and oxygen atoms in total. The van der Waals surface area contributed by atoms with Crippen molar-refractivity contribution in [3.05, 3.63) is 54.1 Å². The van der Waals surface area contributed by atoms with Gasteiger partial charge in [0.1, 0.15) is 0 Å². The highest BCUT2D eigenvalue weighted by atomic mass is 16.1. The molecule has 0 aromatic heterocycles. The second-order valence-electron chi connectivity index (χ2n) is 4.36. The van der Waals surface area contributed by atoms with Crippen LogP contribution in [-0.4, -0.2) is 11.7 Å². The van der Waals surface area contributed by atoms with E-state index in [1.165, 1.54) is 6.92 Å². The van der Waals surface area contributed by atoms with Gasteiger partial charge in [0, 0.05) is 23.7 Å². The molecule has 0 unspecified atom stereocenters. The first-order chi connectivity index (χ1) is 9.08. The van der Waals surface area contributed by atoms with Gasteiger partial charge in [0.2, 0.25) is 5.91 Å². The highest BCUT2D eigenvalue weighted by molar-refractivity contribution is 5.97. The monoisotopic (exact) mass is 253 g/mol. The number of hydrogen-bond donors (Lipinski definition) is 1. The van der Waals surface area contributed by atoms with Crippen LogP contribution in [0, 0.1) is 0 Å². The van der Waals surface area contributed by atoms with Gasteiger partial charge in [-0.05, 0) is 24.6 Å². The first kappa shape index (κ1) is 13.0. The SMILES string of the molecule is CC(=O)Nc1ccccc1-c1cccc(C(C)=O)c1. The van der Waals surface area contributed by atoms with Crippen LogP contribution in [0.5, 0.6) is 0 Å². The zero-order valence-corrected chi connectivity index (χ0v) is 10.9. The maximum Gasteiger partial charge on any atom is 0.221 e. The van der Waals surface area contributed by atoms with E-state index in [1.54, 1.807) is 13.0 Å². The summed E-state index contributed by atoms with van der Waals surface area (Å²) >= 11 is 0. The molecule has 0 radical (unpaired) electrons. The van der Waals surface area contributed by atoms with E-state index >= 15 is 0 Å². The molecule has 2 rings (SSSR count). The topological polar surface area (TPSA) is 46.2 Å². The van der Waals surface area contributed by atoms with Crippen LogP contribution in [0.4, 0.5) is 5.69 Å². The Morgan fingerprint density at radius 1 is 0.947 bits per heavy atom. The average Bonchev–Trinajstić information content (AvgIpc) is 2.39. The molecule has 0 spiro atoms. The second-order valence-corrected chi connectivity index (χ2v) is 4.36. The molecule has 0 aliphatic carbocycles. The highest BCUT2D eigenvalue weighted by Crippen LogP contribution is 2.28. The number of rotatable bonds is 3. The van der Waals surface area contributed by atoms with E-state index in [9.17, 15) is 9.59 Å². The number of carbonyl (C=O) groups is 2. The number of hydrogen-bond acceptors (Lipinski definition) is 2. The fourth-order valence-corrected chi connectivity index (χ4v) is 1.94. The van der Waals surface area contributed by atoms with Gasteiger partial charge in [0.15, 0.2) is 5.78 Å². The van der Waals surface area contributed by atoms with Crippen molar-refractivity contribution in [1.29, 1.82) is 0 Å². The Kier molecular flexibility index (Phi) is 3.76. The van der Waals surface area contributed by atoms with Gasteiger partial charge in [-0.15, -0.1) is 0 Å². The second kappa shape index (κ2) is 5.48. The summed E-state index contributed by atoms with van der Waals surface area (Å²) in [5.74, 6) is -0.0889. The number of ketones is 1. The van der Waals surface area contributed by atoms with E-state index < -0.39 is 0 Å². The zero-order chi connectivity index (χ0) is 13.8. The van der Waals surface area contributed by atoms with E-state index in [0.717, 1.165) is 16.8 Å². The van der Waals surface area contributed by atoms with Crippen molar-refractivity contribution < 1.29 is 9.59 Å². The van der Waals surface area contributed by atoms with Crippen LogP contribution >= 0.6 is 0 Å². The van der Waals surface area contributed by atoms with Gasteiger partial charge in [-0.25, -0.2) is 0 Å². The van der Waals surface area contributed by atoms with Crippen LogP contribution in [0.1, 0.15) is 24.2 Å². The molecule has 3 heteroatoms. The van der Waals surface area contributed by atoms with Crippen molar-refractivity contribution in [3.8, 4) is 11.1 Å². The summed E-state index contributed by atoms with van der Waals surface area (Å²) in [7, 11) is 0. The maximum atomic E-state index is 11.4. The Morgan fingerprint density at radius 2 is 1.68 bits per heavy atom. The van der Waals surface area contributed by atoms with E-state index in [1.807, 2.05) is 42.5 Å². The normalized spacial score (nSPS) is 10.0. The first-order valence-electron chi connectivity index (χ1n) is 6.06. The minimum absolute atomic E-state index is 0.0267. The molecule has 0 fully saturated rings. The third-order valence-electron chi connectivity index (χ3n) is 2.82. The van der Waals surface area contributed by atoms with Crippen LogP contribution in [0.25, 0.3) is 11.1 Å². The predicted octanol–water partition coefficient (Wildman–Crippen LogP) is 3.51. The van der Waals surface area contributed by atoms with Gasteiger partial charge in [-0.2, -0.15) is 0 Å². The summed E-state index contributed by atoms with van der Waals surface area (Å²) in [6.45, 7) is 3.02. The fraction of sp³-hybridized carbons (Fsp3) is 0.125. The summed E-state index contributed by atoms with van der Waals surface area (Å²) in [4.78, 5) is 22.6. The van der Waals surface area contributed by atoms with Gasteiger partial charge >= 0.3 is 0 Å². The van der Waals surface area contributed by atoms with Crippen LogP contribution in [0.2, 0.25) is 0 Å². The molecule has 0 aliphatic heterocycles. The lowest BCUT2D eigenvalue weighted by molar-refractivity contribution is -0.114. The molecule has 0 bridgehead atoms. The minimum atomic E-state index is -0.116. The van der Waals surface area contributed by atoms with E-state index in [0.29, 0.717) is 5.56 Å². The summed E-state index contributed by atoms with van der Waals surface area (Å²) in [6.07, 6.45) is 0. The lowest BCUT2D eigenvalue weighted by atomic mass is 10.00. The van der Waals surface area contributed by atoms with Crippen molar-refractivity contribution in [2.75, 3.05) is 5.32 Å². The number of nitrogens with one attached hydrogen (secondary N) is 1. The molecule has 1 amide bonds. The third-order valence-corrected chi connectivity index (χ3v) is 2.82. The summed E-state index contributed by atoms with van der Waals surface area (Å²) < 4.78 is 0. The van der Waals surface area contributed by atoms with Crippen molar-refractivity contribution in [3.63, 3.8) is 0 Å². The quantitative estimate of drug-likeness (QED) is 0.851. The number of anilines is 1. The zero-order valence-electron chi connectivity index (χ0n) is 10.9. The Balaban J connectivity index is 2.49. The summed E-state index contributed by atoms with van der Waals surface area (Å²) in [5.41, 5.74) is 3.23. The van der Waals surface area contributed by atoms with Gasteiger partial charge in [0.05, 0.1) is 0 Å². The molecule has 0 saturated carbocycles. The van der Waals surface area contributed by atoms with E-state index in [4.69, 9.17) is 0 Å². The summed E-state index contributed by atoms with van der Waals surface area (Å²) in [6, 6.07) is 14.9. The largest absolute Gasteiger partial charge is 0.326 e. The number of Topliss-reactive ketones (excluding diaryl/α,β-unsaturated/α-hetero) is 1. The molecule has 19 heavy (non-hydrogen) atoms. The predicted molar refractivity (Wildman–Crippen MR) is 76.2 cm³/mol. The van der Waals surface area contributed by atoms with Crippen molar-refractivity contribution in [1.82, 2.24) is 0 Å². The van der Waals surface area contributed by atoms with Crippen LogP contribution < -0.4 is 5.32 Å². The minimum Gasteiger partial charge on any atom is -0.326 e. The molecule has 0 saturated heterocycles. The first-order valence-corrected chi connectivity index (χ1v) is 6.06. The number of para-hydroxylation sites is 1. The van der Waals surface area contributed by atoms with Crippen molar-refractivity contribution >= 4 is 17.4 Å². The van der Waals surface area contributed by atoms with Crippen LogP contribution in [0.15, 0.2) is 48.5 Å². The van der Waals surface area contributed by atoms with Crippen molar-refractivity contribution in [2.24, 2.45) is 0 Å². The summed E-state index contributed by atoms with van der Waals surface area (Å²) in [5, 5.41) is 2.80. The fourth-order valence-electron chi connectivity index (χ4n) is 1.94. The molecule has 0 aliphatic rings. The number of benzene rings is 2. The molecular weight excluding hydrogens is 238 g/mol. The van der Waals surface area contributed by atoms with Gasteiger partial charge in [0.25, 0.3) is 0 Å². The molecule has 1 N–H and O–H groups in total. The number of amides is 1. The van der Waals surface area contributed by atoms with Crippen molar-refractivity contribution in [2.45, 2.75) is 13.8 Å². The molecule has 96 valence electrons. The average molecular weight is 253 g/mol. The lowest BCUT2D eigenvalue weighted by Gasteiger charge is -2.10. The molecule has 2 aromatic carbocycles. The van der Waals surface area contributed by atoms with Gasteiger partial charge in [-0.3, -0.25) is 9.59 Å². The Hall–Kier alpha value is -2.42. The molecule has 0 atom stereocenters. The Bertz CT molecular complexity index is 632. The maximum absolute atomic E-state index is 11.4. The third kappa shape index (κ3) is 3.07. The molecular formula is C16H15NO2. The standard InChI is InChI=1S/C16H15NO2/c1-11(18)13-6-5-7-14(10-13)15-8-3-4-9-16(15)17-12(2)19/h3-10H,1-2H3,(H,17,19).